The number of benzene rings is 1. The van der Waals surface area contributed by atoms with Crippen molar-refractivity contribution in [2.24, 2.45) is 0 Å². The minimum absolute atomic E-state index is 0.211. The van der Waals surface area contributed by atoms with Gasteiger partial charge in [-0.3, -0.25) is 0 Å². The zero-order valence-electron chi connectivity index (χ0n) is 8.27. The number of rotatable bonds is 2. The molecule has 2 amide bonds. The van der Waals surface area contributed by atoms with Gasteiger partial charge in [0.25, 0.3) is 0 Å². The molecular weight excluding hydrogens is 208 g/mol. The van der Waals surface area contributed by atoms with E-state index in [-0.39, 0.29) is 5.70 Å². The number of urea groups is 1. The first kappa shape index (κ1) is 10.2. The highest BCUT2D eigenvalue weighted by atomic mass is 16.4. The lowest BCUT2D eigenvalue weighted by molar-refractivity contribution is -0.299. The van der Waals surface area contributed by atoms with Crippen LogP contribution in [0.3, 0.4) is 0 Å². The van der Waals surface area contributed by atoms with Gasteiger partial charge in [-0.1, -0.05) is 30.3 Å². The number of aliphatic carboxylic acids is 1. The molecule has 0 aromatic heterocycles. The monoisotopic (exact) mass is 217 g/mol. The van der Waals surface area contributed by atoms with Gasteiger partial charge >= 0.3 is 6.03 Å². The van der Waals surface area contributed by atoms with Crippen LogP contribution >= 0.6 is 0 Å². The quantitative estimate of drug-likeness (QED) is 0.712. The molecule has 1 aromatic carbocycles. The predicted molar refractivity (Wildman–Crippen MR) is 53.9 cm³/mol. The Morgan fingerprint density at radius 1 is 1.25 bits per heavy atom. The van der Waals surface area contributed by atoms with Gasteiger partial charge in [0.05, 0.1) is 17.7 Å². The molecule has 0 fully saturated rings. The van der Waals surface area contributed by atoms with Crippen LogP contribution < -0.4 is 15.7 Å². The van der Waals surface area contributed by atoms with E-state index in [9.17, 15) is 14.7 Å². The number of carbonyl (C=O) groups excluding carboxylic acids is 2. The van der Waals surface area contributed by atoms with Gasteiger partial charge in [0.1, 0.15) is 0 Å². The zero-order chi connectivity index (χ0) is 11.5. The van der Waals surface area contributed by atoms with Gasteiger partial charge in [-0.05, 0) is 11.6 Å². The van der Waals surface area contributed by atoms with E-state index in [0.717, 1.165) is 5.56 Å². The third kappa shape index (κ3) is 2.03. The summed E-state index contributed by atoms with van der Waals surface area (Å²) in [7, 11) is 0. The fourth-order valence-corrected chi connectivity index (χ4v) is 1.51. The standard InChI is InChI=1S/C11H10N2O3/c14-10(15)9-6-8(12-11(16)13-9)7-4-2-1-3-5-7/h1-6,8H,(H,14,15)(H2,12,13,16)/p-1/t8-/m0/s1. The Hall–Kier alpha value is -2.30. The summed E-state index contributed by atoms with van der Waals surface area (Å²) in [6.45, 7) is 0. The number of nitrogens with one attached hydrogen (secondary N) is 2. The summed E-state index contributed by atoms with van der Waals surface area (Å²) in [6.07, 6.45) is 1.41. The van der Waals surface area contributed by atoms with E-state index in [2.05, 4.69) is 10.6 Å². The first-order chi connectivity index (χ1) is 7.66. The van der Waals surface area contributed by atoms with Crippen LogP contribution in [-0.2, 0) is 4.79 Å². The maximum absolute atomic E-state index is 11.2. The molecule has 0 saturated carbocycles. The van der Waals surface area contributed by atoms with Gasteiger partial charge in [-0.25, -0.2) is 4.79 Å². The van der Waals surface area contributed by atoms with E-state index in [1.807, 2.05) is 18.2 Å². The Morgan fingerprint density at radius 3 is 2.56 bits per heavy atom. The number of carbonyl (C=O) groups is 2. The van der Waals surface area contributed by atoms with E-state index >= 15 is 0 Å². The molecule has 2 rings (SSSR count). The lowest BCUT2D eigenvalue weighted by Gasteiger charge is -2.24. The Kier molecular flexibility index (Phi) is 2.59. The van der Waals surface area contributed by atoms with Crippen LogP contribution in [0.15, 0.2) is 42.1 Å². The van der Waals surface area contributed by atoms with Crippen LogP contribution in [0.1, 0.15) is 11.6 Å². The highest BCUT2D eigenvalue weighted by molar-refractivity contribution is 5.92. The Labute approximate surface area is 91.8 Å². The molecule has 0 spiro atoms. The molecule has 1 aliphatic heterocycles. The van der Waals surface area contributed by atoms with Crippen molar-refractivity contribution >= 4 is 12.0 Å². The third-order valence-electron chi connectivity index (χ3n) is 2.25. The second kappa shape index (κ2) is 4.06. The van der Waals surface area contributed by atoms with Crippen LogP contribution in [-0.4, -0.2) is 12.0 Å². The zero-order valence-corrected chi connectivity index (χ0v) is 8.27. The number of carboxylic acid groups (broad SMARTS) is 1. The Bertz CT molecular complexity index is 454. The summed E-state index contributed by atoms with van der Waals surface area (Å²) in [5, 5.41) is 15.4. The summed E-state index contributed by atoms with van der Waals surface area (Å²) in [5.74, 6) is -1.39. The van der Waals surface area contributed by atoms with Gasteiger partial charge in [0.15, 0.2) is 0 Å². The fourth-order valence-electron chi connectivity index (χ4n) is 1.51. The maximum atomic E-state index is 11.2. The molecule has 5 nitrogen and oxygen atoms in total. The average Bonchev–Trinajstić information content (AvgIpc) is 2.29. The van der Waals surface area contributed by atoms with Crippen molar-refractivity contribution in [3.8, 4) is 0 Å². The lowest BCUT2D eigenvalue weighted by atomic mass is 10.0. The van der Waals surface area contributed by atoms with Crippen LogP contribution in [0, 0.1) is 0 Å². The molecule has 16 heavy (non-hydrogen) atoms. The fraction of sp³-hybridized carbons (Fsp3) is 0.0909. The number of carboxylic acids is 1. The summed E-state index contributed by atoms with van der Waals surface area (Å²) in [6, 6.07) is 8.10. The molecule has 5 heteroatoms. The molecule has 1 aromatic rings. The van der Waals surface area contributed by atoms with Crippen LogP contribution in [0.25, 0.3) is 0 Å². The molecule has 1 heterocycles. The van der Waals surface area contributed by atoms with Crippen molar-refractivity contribution in [1.29, 1.82) is 0 Å². The minimum atomic E-state index is -1.39. The molecule has 2 N–H and O–H groups in total. The van der Waals surface area contributed by atoms with Crippen LogP contribution in [0.2, 0.25) is 0 Å². The average molecular weight is 217 g/mol. The van der Waals surface area contributed by atoms with Gasteiger partial charge < -0.3 is 20.5 Å². The summed E-state index contributed by atoms with van der Waals surface area (Å²) in [4.78, 5) is 21.9. The van der Waals surface area contributed by atoms with Crippen molar-refractivity contribution in [2.45, 2.75) is 6.04 Å². The Balaban J connectivity index is 2.32. The van der Waals surface area contributed by atoms with Crippen molar-refractivity contribution < 1.29 is 14.7 Å². The predicted octanol–water partition coefficient (Wildman–Crippen LogP) is -0.326. The van der Waals surface area contributed by atoms with E-state index in [4.69, 9.17) is 0 Å². The van der Waals surface area contributed by atoms with Crippen molar-refractivity contribution in [2.75, 3.05) is 0 Å². The van der Waals surface area contributed by atoms with E-state index < -0.39 is 18.0 Å². The first-order valence-corrected chi connectivity index (χ1v) is 4.72. The summed E-state index contributed by atoms with van der Waals surface area (Å²) >= 11 is 0. The molecule has 0 aliphatic carbocycles. The van der Waals surface area contributed by atoms with Crippen LogP contribution in [0.4, 0.5) is 4.79 Å². The maximum Gasteiger partial charge on any atom is 0.320 e. The van der Waals surface area contributed by atoms with Crippen molar-refractivity contribution in [3.05, 3.63) is 47.7 Å². The van der Waals surface area contributed by atoms with E-state index in [0.29, 0.717) is 0 Å². The normalized spacial score (nSPS) is 19.4. The largest absolute Gasteiger partial charge is 0.543 e. The van der Waals surface area contributed by atoms with E-state index in [1.54, 1.807) is 12.1 Å². The highest BCUT2D eigenvalue weighted by Gasteiger charge is 2.19. The number of hydrogen-bond donors (Lipinski definition) is 2. The SMILES string of the molecule is O=C1NC(C(=O)[O-])=C[C@@H](c2ccccc2)N1. The second-order valence-electron chi connectivity index (χ2n) is 3.35. The molecule has 1 aliphatic rings. The first-order valence-electron chi connectivity index (χ1n) is 4.72. The molecule has 0 unspecified atom stereocenters. The molecule has 1 atom stereocenters. The molecule has 0 bridgehead atoms. The number of amides is 2. The summed E-state index contributed by atoms with van der Waals surface area (Å²) in [5.41, 5.74) is 0.605. The molecule has 82 valence electrons. The lowest BCUT2D eigenvalue weighted by Crippen LogP contribution is -2.46. The summed E-state index contributed by atoms with van der Waals surface area (Å²) < 4.78 is 0. The second-order valence-corrected chi connectivity index (χ2v) is 3.35. The molecule has 0 radical (unpaired) electrons. The number of hydrogen-bond acceptors (Lipinski definition) is 3. The topological polar surface area (TPSA) is 81.3 Å². The molecule has 0 saturated heterocycles. The van der Waals surface area contributed by atoms with Gasteiger partial charge in [-0.15, -0.1) is 0 Å². The van der Waals surface area contributed by atoms with Crippen molar-refractivity contribution in [3.63, 3.8) is 0 Å². The van der Waals surface area contributed by atoms with Crippen LogP contribution in [0.5, 0.6) is 0 Å². The minimum Gasteiger partial charge on any atom is -0.543 e. The third-order valence-corrected chi connectivity index (χ3v) is 2.25. The highest BCUT2D eigenvalue weighted by Crippen LogP contribution is 2.17. The van der Waals surface area contributed by atoms with Gasteiger partial charge in [0, 0.05) is 0 Å². The Morgan fingerprint density at radius 2 is 1.94 bits per heavy atom. The van der Waals surface area contributed by atoms with Gasteiger partial charge in [-0.2, -0.15) is 0 Å². The smallest absolute Gasteiger partial charge is 0.320 e. The van der Waals surface area contributed by atoms with Gasteiger partial charge in [0.2, 0.25) is 0 Å². The van der Waals surface area contributed by atoms with Crippen molar-refractivity contribution in [1.82, 2.24) is 10.6 Å². The van der Waals surface area contributed by atoms with E-state index in [1.165, 1.54) is 6.08 Å². The molecular formula is C11H9N2O3-.